The molecule has 1 aromatic rings. The van der Waals surface area contributed by atoms with E-state index in [9.17, 15) is 9.90 Å². The van der Waals surface area contributed by atoms with E-state index in [-0.39, 0.29) is 17.0 Å². The largest absolute Gasteiger partial charge is 0.465 e. The second kappa shape index (κ2) is 5.50. The van der Waals surface area contributed by atoms with E-state index < -0.39 is 12.1 Å². The maximum absolute atomic E-state index is 11.2. The number of benzene rings is 1. The molecule has 4 nitrogen and oxygen atoms in total. The lowest BCUT2D eigenvalue weighted by atomic mass is 10.1. The number of carbonyl (C=O) groups excluding carboxylic acids is 1. The molecule has 1 rings (SSSR count). The van der Waals surface area contributed by atoms with Crippen LogP contribution < -0.4 is 0 Å². The van der Waals surface area contributed by atoms with Crippen LogP contribution in [0.5, 0.6) is 0 Å². The van der Waals surface area contributed by atoms with Crippen molar-refractivity contribution in [1.29, 1.82) is 5.26 Å². The molecule has 0 radical (unpaired) electrons. The summed E-state index contributed by atoms with van der Waals surface area (Å²) in [4.78, 5) is 11.2. The highest BCUT2D eigenvalue weighted by atomic mass is 35.5. The van der Waals surface area contributed by atoms with Crippen LogP contribution >= 0.6 is 11.6 Å². The van der Waals surface area contributed by atoms with Crippen LogP contribution in [0.25, 0.3) is 0 Å². The van der Waals surface area contributed by atoms with E-state index in [0.717, 1.165) is 0 Å². The molecule has 0 aliphatic rings. The van der Waals surface area contributed by atoms with Crippen molar-refractivity contribution in [3.8, 4) is 6.07 Å². The molecule has 1 aromatic carbocycles. The Bertz CT molecular complexity index is 439. The molecular formula is C11H10ClNO3. The zero-order chi connectivity index (χ0) is 12.1. The van der Waals surface area contributed by atoms with Crippen molar-refractivity contribution in [2.75, 3.05) is 7.11 Å². The molecule has 5 heteroatoms. The zero-order valence-corrected chi connectivity index (χ0v) is 9.36. The van der Waals surface area contributed by atoms with Crippen molar-refractivity contribution in [2.45, 2.75) is 12.5 Å². The molecule has 1 atom stereocenters. The minimum atomic E-state index is -0.894. The molecule has 1 N–H and O–H groups in total. The lowest BCUT2D eigenvalue weighted by molar-refractivity contribution is 0.0600. The molecular weight excluding hydrogens is 230 g/mol. The number of aliphatic hydroxyl groups is 1. The smallest absolute Gasteiger partial charge is 0.339 e. The van der Waals surface area contributed by atoms with Crippen LogP contribution in [0.1, 0.15) is 28.4 Å². The van der Waals surface area contributed by atoms with Crippen LogP contribution in [0.4, 0.5) is 0 Å². The number of carbonyl (C=O) groups is 1. The highest BCUT2D eigenvalue weighted by molar-refractivity contribution is 6.33. The van der Waals surface area contributed by atoms with E-state index in [2.05, 4.69) is 4.74 Å². The van der Waals surface area contributed by atoms with Gasteiger partial charge in [-0.2, -0.15) is 5.26 Å². The number of halogens is 1. The van der Waals surface area contributed by atoms with Gasteiger partial charge in [0.25, 0.3) is 0 Å². The minimum absolute atomic E-state index is 0.0199. The standard InChI is InChI=1S/C11H10ClNO3/c1-16-11(15)8-3-2-7(6-9(8)12)10(14)4-5-13/h2-3,6,10,14H,4H2,1H3. The Morgan fingerprint density at radius 2 is 2.38 bits per heavy atom. The summed E-state index contributed by atoms with van der Waals surface area (Å²) in [7, 11) is 1.26. The zero-order valence-electron chi connectivity index (χ0n) is 8.61. The maximum atomic E-state index is 11.2. The van der Waals surface area contributed by atoms with Gasteiger partial charge in [-0.1, -0.05) is 17.7 Å². The topological polar surface area (TPSA) is 70.3 Å². The molecule has 0 bridgehead atoms. The molecule has 0 saturated heterocycles. The summed E-state index contributed by atoms with van der Waals surface area (Å²) < 4.78 is 4.53. The summed E-state index contributed by atoms with van der Waals surface area (Å²) >= 11 is 5.85. The highest BCUT2D eigenvalue weighted by Crippen LogP contribution is 2.24. The van der Waals surface area contributed by atoms with Crippen molar-refractivity contribution >= 4 is 17.6 Å². The van der Waals surface area contributed by atoms with E-state index in [1.165, 1.54) is 19.2 Å². The first-order valence-corrected chi connectivity index (χ1v) is 4.90. The van der Waals surface area contributed by atoms with Crippen molar-refractivity contribution in [2.24, 2.45) is 0 Å². The van der Waals surface area contributed by atoms with Gasteiger partial charge in [0.05, 0.1) is 36.3 Å². The van der Waals surface area contributed by atoms with Gasteiger partial charge < -0.3 is 9.84 Å². The van der Waals surface area contributed by atoms with Crippen LogP contribution in [0.3, 0.4) is 0 Å². The third-order valence-electron chi connectivity index (χ3n) is 2.07. The number of nitrogens with zero attached hydrogens (tertiary/aromatic N) is 1. The van der Waals surface area contributed by atoms with Crippen LogP contribution in [-0.4, -0.2) is 18.2 Å². The second-order valence-corrected chi connectivity index (χ2v) is 3.52. The number of rotatable bonds is 3. The first kappa shape index (κ1) is 12.5. The van der Waals surface area contributed by atoms with Crippen LogP contribution in [0, 0.1) is 11.3 Å². The van der Waals surface area contributed by atoms with E-state index in [4.69, 9.17) is 16.9 Å². The number of esters is 1. The summed E-state index contributed by atoms with van der Waals surface area (Å²) in [6, 6.07) is 6.31. The Kier molecular flexibility index (Phi) is 4.29. The number of aliphatic hydroxyl groups excluding tert-OH is 1. The first-order chi connectivity index (χ1) is 7.60. The Labute approximate surface area is 98.0 Å². The molecule has 0 spiro atoms. The summed E-state index contributed by atoms with van der Waals surface area (Å²) in [6.45, 7) is 0. The Hall–Kier alpha value is -1.57. The minimum Gasteiger partial charge on any atom is -0.465 e. The van der Waals surface area contributed by atoms with Crippen molar-refractivity contribution in [3.63, 3.8) is 0 Å². The van der Waals surface area contributed by atoms with Gasteiger partial charge in [-0.15, -0.1) is 0 Å². The normalized spacial score (nSPS) is 11.6. The fourth-order valence-corrected chi connectivity index (χ4v) is 1.48. The van der Waals surface area contributed by atoms with Gasteiger partial charge in [-0.25, -0.2) is 4.79 Å². The Morgan fingerprint density at radius 3 is 2.88 bits per heavy atom. The molecule has 0 aromatic heterocycles. The first-order valence-electron chi connectivity index (χ1n) is 4.53. The Morgan fingerprint density at radius 1 is 1.69 bits per heavy atom. The number of hydrogen-bond donors (Lipinski definition) is 1. The van der Waals surface area contributed by atoms with Crippen LogP contribution in [0.15, 0.2) is 18.2 Å². The fourth-order valence-electron chi connectivity index (χ4n) is 1.22. The molecule has 1 unspecified atom stereocenters. The number of methoxy groups -OCH3 is 1. The molecule has 0 amide bonds. The fraction of sp³-hybridized carbons (Fsp3) is 0.273. The average molecular weight is 240 g/mol. The highest BCUT2D eigenvalue weighted by Gasteiger charge is 2.14. The van der Waals surface area contributed by atoms with Gasteiger partial charge in [0.2, 0.25) is 0 Å². The van der Waals surface area contributed by atoms with E-state index in [0.29, 0.717) is 5.56 Å². The number of nitriles is 1. The summed E-state index contributed by atoms with van der Waals surface area (Å²) in [5.41, 5.74) is 0.733. The summed E-state index contributed by atoms with van der Waals surface area (Å²) in [5.74, 6) is -0.536. The molecule has 0 saturated carbocycles. The Balaban J connectivity index is 3.00. The average Bonchev–Trinajstić information content (AvgIpc) is 2.28. The molecule has 0 aliphatic carbocycles. The van der Waals surface area contributed by atoms with Gasteiger partial charge in [-0.05, 0) is 17.7 Å². The third kappa shape index (κ3) is 2.72. The maximum Gasteiger partial charge on any atom is 0.339 e. The van der Waals surface area contributed by atoms with E-state index in [1.807, 2.05) is 6.07 Å². The van der Waals surface area contributed by atoms with Gasteiger partial charge in [0, 0.05) is 0 Å². The monoisotopic (exact) mass is 239 g/mol. The quantitative estimate of drug-likeness (QED) is 0.820. The van der Waals surface area contributed by atoms with E-state index in [1.54, 1.807) is 6.07 Å². The molecule has 16 heavy (non-hydrogen) atoms. The SMILES string of the molecule is COC(=O)c1ccc(C(O)CC#N)cc1Cl. The summed E-state index contributed by atoms with van der Waals surface area (Å²) in [5, 5.41) is 18.2. The van der Waals surface area contributed by atoms with Crippen LogP contribution in [-0.2, 0) is 4.74 Å². The molecule has 0 aliphatic heterocycles. The van der Waals surface area contributed by atoms with Gasteiger partial charge >= 0.3 is 5.97 Å². The lowest BCUT2D eigenvalue weighted by Crippen LogP contribution is -2.03. The predicted octanol–water partition coefficient (Wildman–Crippen LogP) is 2.07. The predicted molar refractivity (Wildman–Crippen MR) is 58.0 cm³/mol. The second-order valence-electron chi connectivity index (χ2n) is 3.11. The van der Waals surface area contributed by atoms with Gasteiger partial charge in [0.15, 0.2) is 0 Å². The van der Waals surface area contributed by atoms with Crippen molar-refractivity contribution < 1.29 is 14.6 Å². The number of ether oxygens (including phenoxy) is 1. The lowest BCUT2D eigenvalue weighted by Gasteiger charge is -2.09. The van der Waals surface area contributed by atoms with Gasteiger partial charge in [-0.3, -0.25) is 0 Å². The summed E-state index contributed by atoms with van der Waals surface area (Å²) in [6.07, 6.45) is -0.914. The third-order valence-corrected chi connectivity index (χ3v) is 2.38. The van der Waals surface area contributed by atoms with Crippen molar-refractivity contribution in [3.05, 3.63) is 34.3 Å². The van der Waals surface area contributed by atoms with Gasteiger partial charge in [0.1, 0.15) is 0 Å². The van der Waals surface area contributed by atoms with E-state index >= 15 is 0 Å². The van der Waals surface area contributed by atoms with Crippen LogP contribution in [0.2, 0.25) is 5.02 Å². The van der Waals surface area contributed by atoms with Crippen molar-refractivity contribution in [1.82, 2.24) is 0 Å². The molecule has 84 valence electrons. The number of hydrogen-bond acceptors (Lipinski definition) is 4. The molecule has 0 heterocycles. The molecule has 0 fully saturated rings.